The third kappa shape index (κ3) is 0.778. The van der Waals surface area contributed by atoms with Crippen molar-refractivity contribution in [2.24, 2.45) is 0 Å². The van der Waals surface area contributed by atoms with Gasteiger partial charge >= 0.3 is 0 Å². The normalized spacial score (nSPS) is 20.8. The van der Waals surface area contributed by atoms with Crippen LogP contribution in [-0.2, 0) is 0 Å². The van der Waals surface area contributed by atoms with Crippen LogP contribution in [-0.4, -0.2) is 6.34 Å². The Morgan fingerprint density at radius 3 is 3.40 bits per heavy atom. The summed E-state index contributed by atoms with van der Waals surface area (Å²) >= 11 is 0. The number of allylic oxidation sites excluding steroid dienone is 4. The van der Waals surface area contributed by atoms with E-state index in [0.717, 1.165) is 6.42 Å². The van der Waals surface area contributed by atoms with Crippen molar-refractivity contribution in [1.29, 1.82) is 0 Å². The lowest BCUT2D eigenvalue weighted by atomic mass is 10.1. The van der Waals surface area contributed by atoms with E-state index in [-0.39, 0.29) is 0 Å². The summed E-state index contributed by atoms with van der Waals surface area (Å²) < 4.78 is 0. The Morgan fingerprint density at radius 1 is 1.50 bits per heavy atom. The number of rotatable bonds is 0. The smallest absolute Gasteiger partial charge is 0.239 e. The minimum Gasteiger partial charge on any atom is -0.253 e. The molecule has 0 saturated carbocycles. The Bertz CT molecular complexity index is 228. The Kier molecular flexibility index (Phi) is 1.17. The molecule has 0 aromatic carbocycles. The van der Waals surface area contributed by atoms with Gasteiger partial charge in [-0.1, -0.05) is 12.2 Å². The van der Waals surface area contributed by atoms with Crippen LogP contribution < -0.4 is 10.3 Å². The number of hydrogen-bond donors (Lipinski definition) is 2. The fourth-order valence-corrected chi connectivity index (χ4v) is 1.12. The predicted molar refractivity (Wildman–Crippen MR) is 40.1 cm³/mol. The zero-order chi connectivity index (χ0) is 6.81. The van der Waals surface area contributed by atoms with Gasteiger partial charge in [-0.05, 0) is 12.5 Å². The molecule has 2 nitrogen and oxygen atoms in total. The van der Waals surface area contributed by atoms with Crippen molar-refractivity contribution >= 4 is 6.34 Å². The Morgan fingerprint density at radius 2 is 2.50 bits per heavy atom. The fourth-order valence-electron chi connectivity index (χ4n) is 1.12. The van der Waals surface area contributed by atoms with Crippen LogP contribution in [0.25, 0.3) is 0 Å². The summed E-state index contributed by atoms with van der Waals surface area (Å²) in [6, 6.07) is 0. The molecule has 2 heteroatoms. The van der Waals surface area contributed by atoms with E-state index in [1.54, 1.807) is 0 Å². The molecule has 0 atom stereocenters. The molecule has 2 rings (SSSR count). The van der Waals surface area contributed by atoms with E-state index in [0.29, 0.717) is 0 Å². The highest BCUT2D eigenvalue weighted by Gasteiger charge is 2.11. The van der Waals surface area contributed by atoms with E-state index in [9.17, 15) is 0 Å². The number of fused-ring (bicyclic) bond motifs is 1. The number of nitrogens with one attached hydrogen (secondary N) is 2. The molecule has 0 fully saturated rings. The van der Waals surface area contributed by atoms with Gasteiger partial charge in [-0.25, -0.2) is 5.32 Å². The maximum Gasteiger partial charge on any atom is 0.239 e. The summed E-state index contributed by atoms with van der Waals surface area (Å²) in [6.45, 7) is 0. The van der Waals surface area contributed by atoms with Crippen molar-refractivity contribution in [2.45, 2.75) is 6.42 Å². The fraction of sp³-hybridized carbons (Fsp3) is 0.125. The summed E-state index contributed by atoms with van der Waals surface area (Å²) in [7, 11) is 0. The first kappa shape index (κ1) is 5.47. The molecule has 0 radical (unpaired) electrons. The highest BCUT2D eigenvalue weighted by molar-refractivity contribution is 5.57. The molecule has 2 N–H and O–H groups in total. The van der Waals surface area contributed by atoms with Gasteiger partial charge in [0.1, 0.15) is 5.70 Å². The SMILES string of the molecule is C1=CCC2=C[NH+]=CNC2=C1. The number of hydrogen-bond acceptors (Lipinski definition) is 1. The van der Waals surface area contributed by atoms with Crippen molar-refractivity contribution in [3.8, 4) is 0 Å². The largest absolute Gasteiger partial charge is 0.253 e. The maximum absolute atomic E-state index is 3.13. The summed E-state index contributed by atoms with van der Waals surface area (Å²) in [5.74, 6) is 0. The van der Waals surface area contributed by atoms with E-state index < -0.39 is 0 Å². The predicted octanol–water partition coefficient (Wildman–Crippen LogP) is -0.574. The van der Waals surface area contributed by atoms with Crippen LogP contribution in [0.3, 0.4) is 0 Å². The first-order valence-corrected chi connectivity index (χ1v) is 3.37. The van der Waals surface area contributed by atoms with Crippen molar-refractivity contribution < 1.29 is 4.99 Å². The molecule has 0 unspecified atom stereocenters. The van der Waals surface area contributed by atoms with Crippen LogP contribution in [0.5, 0.6) is 0 Å². The minimum atomic E-state index is 1.03. The van der Waals surface area contributed by atoms with E-state index in [4.69, 9.17) is 0 Å². The Labute approximate surface area is 59.7 Å². The Balaban J connectivity index is 2.38. The Hall–Kier alpha value is -1.31. The van der Waals surface area contributed by atoms with E-state index >= 15 is 0 Å². The topological polar surface area (TPSA) is 26.0 Å². The van der Waals surface area contributed by atoms with Gasteiger partial charge in [-0.2, -0.15) is 0 Å². The summed E-state index contributed by atoms with van der Waals surface area (Å²) in [6.07, 6.45) is 11.2. The van der Waals surface area contributed by atoms with Crippen molar-refractivity contribution in [3.05, 3.63) is 35.7 Å². The van der Waals surface area contributed by atoms with Crippen LogP contribution in [0, 0.1) is 0 Å². The molecule has 0 aromatic rings. The highest BCUT2D eigenvalue weighted by atomic mass is 15.0. The third-order valence-corrected chi connectivity index (χ3v) is 1.65. The van der Waals surface area contributed by atoms with E-state index in [1.807, 2.05) is 12.5 Å². The molecule has 1 aliphatic carbocycles. The molecule has 2 aliphatic rings. The van der Waals surface area contributed by atoms with Gasteiger partial charge in [-0.15, -0.1) is 0 Å². The maximum atomic E-state index is 3.13. The molecule has 1 aliphatic heterocycles. The first-order valence-electron chi connectivity index (χ1n) is 3.37. The summed E-state index contributed by atoms with van der Waals surface area (Å²) in [5, 5.41) is 3.13. The molecule has 50 valence electrons. The van der Waals surface area contributed by atoms with Crippen LogP contribution >= 0.6 is 0 Å². The second-order valence-corrected chi connectivity index (χ2v) is 2.34. The zero-order valence-electron chi connectivity index (χ0n) is 5.59. The second kappa shape index (κ2) is 2.14. The molecule has 0 saturated heterocycles. The average molecular weight is 133 g/mol. The van der Waals surface area contributed by atoms with Gasteiger partial charge in [-0.3, -0.25) is 4.99 Å². The van der Waals surface area contributed by atoms with Gasteiger partial charge in [0, 0.05) is 5.57 Å². The van der Waals surface area contributed by atoms with Crippen LogP contribution in [0.2, 0.25) is 0 Å². The molecule has 1 heterocycles. The second-order valence-electron chi connectivity index (χ2n) is 2.34. The van der Waals surface area contributed by atoms with Crippen molar-refractivity contribution in [2.75, 3.05) is 0 Å². The van der Waals surface area contributed by atoms with Gasteiger partial charge in [0.05, 0.1) is 6.20 Å². The van der Waals surface area contributed by atoms with Gasteiger partial charge in [0.25, 0.3) is 0 Å². The van der Waals surface area contributed by atoms with Crippen LogP contribution in [0.1, 0.15) is 6.42 Å². The van der Waals surface area contributed by atoms with Gasteiger partial charge < -0.3 is 0 Å². The third-order valence-electron chi connectivity index (χ3n) is 1.65. The molecular weight excluding hydrogens is 124 g/mol. The van der Waals surface area contributed by atoms with E-state index in [2.05, 4.69) is 28.5 Å². The molecule has 0 amide bonds. The quantitative estimate of drug-likeness (QED) is 0.454. The van der Waals surface area contributed by atoms with Gasteiger partial charge in [0.15, 0.2) is 0 Å². The standard InChI is InChI=1S/C8H8N2/c1-2-4-8-7(3-1)5-9-6-10-8/h1-2,4-6H,3H2,(H,9,10)/p+1. The lowest BCUT2D eigenvalue weighted by molar-refractivity contribution is -0.371. The molecule has 0 aromatic heterocycles. The summed E-state index contributed by atoms with van der Waals surface area (Å²) in [4.78, 5) is 3.01. The highest BCUT2D eigenvalue weighted by Crippen LogP contribution is 2.15. The molecule has 0 spiro atoms. The lowest BCUT2D eigenvalue weighted by Crippen LogP contribution is -2.66. The van der Waals surface area contributed by atoms with E-state index in [1.165, 1.54) is 11.3 Å². The first-order chi connectivity index (χ1) is 4.97. The lowest BCUT2D eigenvalue weighted by Gasteiger charge is -2.08. The summed E-state index contributed by atoms with van der Waals surface area (Å²) in [5.41, 5.74) is 2.53. The zero-order valence-corrected chi connectivity index (χ0v) is 5.59. The average Bonchev–Trinajstić information content (AvgIpc) is 2.05. The van der Waals surface area contributed by atoms with Crippen LogP contribution in [0.4, 0.5) is 0 Å². The monoisotopic (exact) mass is 133 g/mol. The molecule has 0 bridgehead atoms. The molecular formula is C8H9N2+. The van der Waals surface area contributed by atoms with Crippen molar-refractivity contribution in [3.63, 3.8) is 0 Å². The van der Waals surface area contributed by atoms with Gasteiger partial charge in [0.2, 0.25) is 6.34 Å². The van der Waals surface area contributed by atoms with Crippen molar-refractivity contribution in [1.82, 2.24) is 5.32 Å². The molecule has 10 heavy (non-hydrogen) atoms. The van der Waals surface area contributed by atoms with Crippen LogP contribution in [0.15, 0.2) is 35.7 Å². The minimum absolute atomic E-state index is 1.03.